The van der Waals surface area contributed by atoms with E-state index in [1.54, 1.807) is 0 Å². The number of piperazine rings is 1. The van der Waals surface area contributed by atoms with Gasteiger partial charge in [-0.15, -0.1) is 0 Å². The fourth-order valence-electron chi connectivity index (χ4n) is 3.36. The zero-order chi connectivity index (χ0) is 21.0. The molecule has 156 valence electrons. The number of hydrogen-bond acceptors (Lipinski definition) is 7. The van der Waals surface area contributed by atoms with Crippen LogP contribution in [-0.2, 0) is 10.0 Å². The lowest BCUT2D eigenvalue weighted by molar-refractivity contribution is 0.0698. The minimum absolute atomic E-state index is 0.0666. The molecule has 0 radical (unpaired) electrons. The van der Waals surface area contributed by atoms with E-state index >= 15 is 0 Å². The first-order valence-electron chi connectivity index (χ1n) is 8.93. The van der Waals surface area contributed by atoms with Crippen LogP contribution in [0.2, 0.25) is 0 Å². The number of sulfonamides is 1. The van der Waals surface area contributed by atoms with Crippen LogP contribution >= 0.6 is 0 Å². The fourth-order valence-corrected chi connectivity index (χ4v) is 4.96. The highest BCUT2D eigenvalue weighted by atomic mass is 32.2. The molecule has 0 atom stereocenters. The number of nitrogens with zero attached hydrogens (tertiary/aromatic N) is 2. The third-order valence-corrected chi connectivity index (χ3v) is 6.75. The summed E-state index contributed by atoms with van der Waals surface area (Å²) in [5.41, 5.74) is 2.20. The molecule has 0 aromatic heterocycles. The molecule has 1 amide bonds. The molecule has 0 aliphatic carbocycles. The van der Waals surface area contributed by atoms with Crippen LogP contribution in [0.1, 0.15) is 10.4 Å². The third kappa shape index (κ3) is 4.00. The molecule has 1 saturated heterocycles. The fraction of sp³-hybridized carbons (Fsp3) is 0.316. The van der Waals surface area contributed by atoms with Crippen molar-refractivity contribution in [2.45, 2.75) is 4.90 Å². The van der Waals surface area contributed by atoms with Crippen LogP contribution in [0.5, 0.6) is 11.5 Å². The van der Waals surface area contributed by atoms with Crippen molar-refractivity contribution in [1.82, 2.24) is 9.79 Å². The summed E-state index contributed by atoms with van der Waals surface area (Å²) in [6.45, 7) is 1.54. The highest BCUT2D eigenvalue weighted by Gasteiger charge is 2.34. The molecule has 10 heteroatoms. The van der Waals surface area contributed by atoms with E-state index in [0.717, 1.165) is 5.69 Å². The first-order valence-corrected chi connectivity index (χ1v) is 10.4. The second kappa shape index (κ2) is 8.68. The Morgan fingerprint density at radius 3 is 2.21 bits per heavy atom. The summed E-state index contributed by atoms with van der Waals surface area (Å²) in [5, 5.41) is 9.12. The highest BCUT2D eigenvalue weighted by molar-refractivity contribution is 7.89. The number of hydroxylamine groups is 1. The number of benzene rings is 2. The second-order valence-corrected chi connectivity index (χ2v) is 8.25. The molecule has 2 N–H and O–H groups in total. The van der Waals surface area contributed by atoms with Gasteiger partial charge in [0.25, 0.3) is 5.91 Å². The topological polar surface area (TPSA) is 108 Å². The first-order chi connectivity index (χ1) is 13.9. The van der Waals surface area contributed by atoms with Gasteiger partial charge in [0.05, 0.1) is 19.1 Å². The molecule has 0 spiro atoms. The molecule has 1 aliphatic rings. The number of carbonyl (C=O) groups excluding carboxylic acids is 1. The normalized spacial score (nSPS) is 15.1. The number of anilines is 1. The number of hydrogen-bond donors (Lipinski definition) is 2. The Kier molecular flexibility index (Phi) is 6.26. The van der Waals surface area contributed by atoms with Crippen molar-refractivity contribution >= 4 is 21.6 Å². The van der Waals surface area contributed by atoms with Gasteiger partial charge in [-0.05, 0) is 24.3 Å². The van der Waals surface area contributed by atoms with E-state index in [-0.39, 0.29) is 35.0 Å². The van der Waals surface area contributed by atoms with Crippen molar-refractivity contribution in [3.05, 3.63) is 48.0 Å². The van der Waals surface area contributed by atoms with Gasteiger partial charge in [-0.25, -0.2) is 13.9 Å². The summed E-state index contributed by atoms with van der Waals surface area (Å²) in [6, 6.07) is 12.4. The van der Waals surface area contributed by atoms with Crippen molar-refractivity contribution in [3.63, 3.8) is 0 Å². The zero-order valence-corrected chi connectivity index (χ0v) is 17.0. The molecule has 9 nitrogen and oxygen atoms in total. The summed E-state index contributed by atoms with van der Waals surface area (Å²) < 4.78 is 38.2. The SMILES string of the molecule is COc1ccc(S(=O)(=O)N2CCN(c3ccccc3)CC2)c(C(=O)NO)c1OC. The lowest BCUT2D eigenvalue weighted by Gasteiger charge is -2.35. The van der Waals surface area contributed by atoms with Gasteiger partial charge in [-0.2, -0.15) is 4.31 Å². The largest absolute Gasteiger partial charge is 0.493 e. The molecule has 0 saturated carbocycles. The minimum Gasteiger partial charge on any atom is -0.493 e. The van der Waals surface area contributed by atoms with E-state index < -0.39 is 15.9 Å². The van der Waals surface area contributed by atoms with Crippen LogP contribution < -0.4 is 19.9 Å². The maximum atomic E-state index is 13.3. The Labute approximate surface area is 169 Å². The second-order valence-electron chi connectivity index (χ2n) is 6.34. The molecule has 2 aromatic carbocycles. The highest BCUT2D eigenvalue weighted by Crippen LogP contribution is 2.36. The van der Waals surface area contributed by atoms with Gasteiger partial charge in [0.15, 0.2) is 11.5 Å². The van der Waals surface area contributed by atoms with Gasteiger partial charge in [0.1, 0.15) is 5.56 Å². The Bertz CT molecular complexity index is 973. The maximum absolute atomic E-state index is 13.3. The van der Waals surface area contributed by atoms with Gasteiger partial charge < -0.3 is 14.4 Å². The van der Waals surface area contributed by atoms with Crippen molar-refractivity contribution in [2.75, 3.05) is 45.3 Å². The van der Waals surface area contributed by atoms with E-state index in [0.29, 0.717) is 13.1 Å². The summed E-state index contributed by atoms with van der Waals surface area (Å²) in [7, 11) is -1.35. The van der Waals surface area contributed by atoms with E-state index in [1.807, 2.05) is 30.3 Å². The average molecular weight is 421 g/mol. The molecule has 29 heavy (non-hydrogen) atoms. The predicted molar refractivity (Wildman–Crippen MR) is 106 cm³/mol. The van der Waals surface area contributed by atoms with E-state index in [1.165, 1.54) is 36.1 Å². The number of carbonyl (C=O) groups is 1. The van der Waals surface area contributed by atoms with E-state index in [4.69, 9.17) is 14.7 Å². The Morgan fingerprint density at radius 2 is 1.66 bits per heavy atom. The first kappa shape index (κ1) is 20.9. The quantitative estimate of drug-likeness (QED) is 0.535. The number of methoxy groups -OCH3 is 2. The monoisotopic (exact) mass is 421 g/mol. The van der Waals surface area contributed by atoms with Crippen LogP contribution in [0.4, 0.5) is 5.69 Å². The Balaban J connectivity index is 1.93. The molecular weight excluding hydrogens is 398 g/mol. The summed E-state index contributed by atoms with van der Waals surface area (Å²) in [6.07, 6.45) is 0. The molecular formula is C19H23N3O6S. The van der Waals surface area contributed by atoms with Crippen molar-refractivity contribution < 1.29 is 27.9 Å². The average Bonchev–Trinajstić information content (AvgIpc) is 2.78. The van der Waals surface area contributed by atoms with Gasteiger partial charge >= 0.3 is 0 Å². The van der Waals surface area contributed by atoms with Crippen LogP contribution in [-0.4, -0.2) is 64.2 Å². The molecule has 0 unspecified atom stereocenters. The Morgan fingerprint density at radius 1 is 1.00 bits per heavy atom. The zero-order valence-electron chi connectivity index (χ0n) is 16.2. The third-order valence-electron chi connectivity index (χ3n) is 4.81. The lowest BCUT2D eigenvalue weighted by Crippen LogP contribution is -2.49. The van der Waals surface area contributed by atoms with Crippen LogP contribution in [0.3, 0.4) is 0 Å². The summed E-state index contributed by atoms with van der Waals surface area (Å²) in [5.74, 6) is -0.885. The van der Waals surface area contributed by atoms with Crippen LogP contribution in [0.15, 0.2) is 47.4 Å². The van der Waals surface area contributed by atoms with E-state index in [9.17, 15) is 13.2 Å². The molecule has 1 aliphatic heterocycles. The van der Waals surface area contributed by atoms with Crippen molar-refractivity contribution in [2.24, 2.45) is 0 Å². The number of ether oxygens (including phenoxy) is 2. The summed E-state index contributed by atoms with van der Waals surface area (Å²) in [4.78, 5) is 14.1. The molecule has 2 aromatic rings. The number of nitrogens with one attached hydrogen (secondary N) is 1. The Hall–Kier alpha value is -2.82. The van der Waals surface area contributed by atoms with Crippen molar-refractivity contribution in [1.29, 1.82) is 0 Å². The van der Waals surface area contributed by atoms with E-state index in [2.05, 4.69) is 4.90 Å². The number of amides is 1. The molecule has 0 bridgehead atoms. The van der Waals surface area contributed by atoms with Gasteiger partial charge in [0.2, 0.25) is 10.0 Å². The van der Waals surface area contributed by atoms with Crippen molar-refractivity contribution in [3.8, 4) is 11.5 Å². The minimum atomic E-state index is -4.01. The van der Waals surface area contributed by atoms with Gasteiger partial charge in [-0.1, -0.05) is 18.2 Å². The molecule has 1 heterocycles. The van der Waals surface area contributed by atoms with Crippen LogP contribution in [0, 0.1) is 0 Å². The standard InChI is InChI=1S/C19H23N3O6S/c1-27-15-8-9-16(17(18(15)28-2)19(23)20-24)29(25,26)22-12-10-21(11-13-22)14-6-4-3-5-7-14/h3-9,24H,10-13H2,1-2H3,(H,20,23). The van der Waals surface area contributed by atoms with Gasteiger partial charge in [0, 0.05) is 31.9 Å². The molecule has 3 rings (SSSR count). The smallest absolute Gasteiger partial charge is 0.279 e. The number of para-hydroxylation sites is 1. The summed E-state index contributed by atoms with van der Waals surface area (Å²) >= 11 is 0. The molecule has 1 fully saturated rings. The van der Waals surface area contributed by atoms with Gasteiger partial charge in [-0.3, -0.25) is 10.0 Å². The van der Waals surface area contributed by atoms with Crippen LogP contribution in [0.25, 0.3) is 0 Å². The lowest BCUT2D eigenvalue weighted by atomic mass is 10.1. The predicted octanol–water partition coefficient (Wildman–Crippen LogP) is 1.33. The maximum Gasteiger partial charge on any atom is 0.279 e. The number of rotatable bonds is 6.